The molecular weight excluding hydrogens is 164 g/mol. The van der Waals surface area contributed by atoms with Gasteiger partial charge in [-0.2, -0.15) is 0 Å². The Hall–Kier alpha value is -0.570. The summed E-state index contributed by atoms with van der Waals surface area (Å²) in [5, 5.41) is 2.88. The van der Waals surface area contributed by atoms with Crippen molar-refractivity contribution in [3.8, 4) is 0 Å². The fourth-order valence-corrected chi connectivity index (χ4v) is 0.957. The van der Waals surface area contributed by atoms with Gasteiger partial charge in [-0.25, -0.2) is 0 Å². The van der Waals surface area contributed by atoms with Crippen LogP contribution in [0.4, 0.5) is 0 Å². The summed E-state index contributed by atoms with van der Waals surface area (Å²) in [6.07, 6.45) is 0.777. The highest BCUT2D eigenvalue weighted by molar-refractivity contribution is 5.79. The van der Waals surface area contributed by atoms with Crippen LogP contribution < -0.4 is 11.1 Å². The molecule has 0 spiro atoms. The lowest BCUT2D eigenvalue weighted by molar-refractivity contribution is -0.120. The average molecular weight is 188 g/mol. The second-order valence-electron chi connectivity index (χ2n) is 4.01. The maximum atomic E-state index is 10.8. The molecule has 0 aliphatic heterocycles. The van der Waals surface area contributed by atoms with E-state index in [2.05, 4.69) is 26.1 Å². The van der Waals surface area contributed by atoms with Crippen molar-refractivity contribution in [2.24, 2.45) is 11.1 Å². The molecule has 13 heavy (non-hydrogen) atoms. The molecule has 0 radical (unpaired) electrons. The largest absolute Gasteiger partial charge is 0.368 e. The Bertz CT molecular complexity index is 138. The number of carbonyl (C=O) groups excluding carboxylic acids is 1. The molecule has 0 heterocycles. The molecule has 0 aromatic carbocycles. The molecule has 3 nitrogen and oxygen atoms in total. The molecule has 1 unspecified atom stereocenters. The van der Waals surface area contributed by atoms with E-state index in [0.717, 1.165) is 6.42 Å². The second kappa shape index (κ2) is 6.89. The Morgan fingerprint density at radius 2 is 1.77 bits per heavy atom. The van der Waals surface area contributed by atoms with E-state index in [1.54, 1.807) is 7.05 Å². The number of nitrogens with one attached hydrogen (secondary N) is 1. The van der Waals surface area contributed by atoms with Crippen molar-refractivity contribution < 1.29 is 4.79 Å². The van der Waals surface area contributed by atoms with Gasteiger partial charge < -0.3 is 11.1 Å². The van der Waals surface area contributed by atoms with Crippen molar-refractivity contribution in [3.05, 3.63) is 0 Å². The lowest BCUT2D eigenvalue weighted by atomic mass is 9.88. The quantitative estimate of drug-likeness (QED) is 0.705. The van der Waals surface area contributed by atoms with Gasteiger partial charge in [0.15, 0.2) is 0 Å². The Kier molecular flexibility index (Phi) is 7.92. The van der Waals surface area contributed by atoms with E-state index in [9.17, 15) is 4.79 Å². The number of nitrogens with two attached hydrogens (primary N) is 1. The number of amides is 1. The minimum absolute atomic E-state index is 0.142. The van der Waals surface area contributed by atoms with Gasteiger partial charge in [-0.05, 0) is 18.9 Å². The summed E-state index contributed by atoms with van der Waals surface area (Å²) < 4.78 is 0. The zero-order valence-electron chi connectivity index (χ0n) is 9.77. The van der Waals surface area contributed by atoms with Gasteiger partial charge in [-0.3, -0.25) is 4.79 Å². The minimum Gasteiger partial charge on any atom is -0.368 e. The molecule has 3 N–H and O–H groups in total. The van der Waals surface area contributed by atoms with Gasteiger partial charge in [0.2, 0.25) is 5.91 Å². The second-order valence-corrected chi connectivity index (χ2v) is 4.01. The predicted octanol–water partition coefficient (Wildman–Crippen LogP) is 1.52. The summed E-state index contributed by atoms with van der Waals surface area (Å²) in [5.74, 6) is -0.276. The maximum Gasteiger partial charge on any atom is 0.234 e. The first-order chi connectivity index (χ1) is 5.87. The van der Waals surface area contributed by atoms with E-state index in [0.29, 0.717) is 0 Å². The molecule has 0 aliphatic rings. The predicted molar refractivity (Wildman–Crippen MR) is 57.5 cm³/mol. The third-order valence-corrected chi connectivity index (χ3v) is 1.51. The topological polar surface area (TPSA) is 55.1 Å². The third kappa shape index (κ3) is 9.34. The fourth-order valence-electron chi connectivity index (χ4n) is 0.957. The smallest absolute Gasteiger partial charge is 0.234 e. The van der Waals surface area contributed by atoms with Gasteiger partial charge in [-0.15, -0.1) is 0 Å². The molecule has 1 amide bonds. The standard InChI is InChI=1S/C8H18N2O.C2H6/c1-8(2,3)5-6(10-4)7(9)11;1-2/h6,10H,5H2,1-4H3,(H2,9,11);1-2H3. The van der Waals surface area contributed by atoms with Crippen molar-refractivity contribution in [3.63, 3.8) is 0 Å². The number of likely N-dealkylation sites (N-methyl/N-ethyl adjacent to an activating group) is 1. The van der Waals surface area contributed by atoms with E-state index in [-0.39, 0.29) is 17.4 Å². The van der Waals surface area contributed by atoms with Crippen LogP contribution in [0.3, 0.4) is 0 Å². The molecule has 1 atom stereocenters. The van der Waals surface area contributed by atoms with E-state index in [1.165, 1.54) is 0 Å². The van der Waals surface area contributed by atoms with Crippen LogP contribution in [-0.4, -0.2) is 19.0 Å². The number of carbonyl (C=O) groups is 1. The van der Waals surface area contributed by atoms with Gasteiger partial charge in [0.1, 0.15) is 0 Å². The molecule has 0 aromatic rings. The molecule has 0 rings (SSSR count). The average Bonchev–Trinajstić information content (AvgIpc) is 2.02. The first kappa shape index (κ1) is 14.9. The van der Waals surface area contributed by atoms with Crippen molar-refractivity contribution in [2.75, 3.05) is 7.05 Å². The number of primary amides is 1. The van der Waals surface area contributed by atoms with Crippen LogP contribution >= 0.6 is 0 Å². The summed E-state index contributed by atoms with van der Waals surface area (Å²) in [5.41, 5.74) is 5.29. The molecule has 0 bridgehead atoms. The van der Waals surface area contributed by atoms with Crippen LogP contribution in [0.25, 0.3) is 0 Å². The van der Waals surface area contributed by atoms with Gasteiger partial charge in [0, 0.05) is 0 Å². The molecule has 0 saturated heterocycles. The van der Waals surface area contributed by atoms with Crippen LogP contribution in [0, 0.1) is 5.41 Å². The Labute approximate surface area is 82.1 Å². The maximum absolute atomic E-state index is 10.8. The van der Waals surface area contributed by atoms with Crippen LogP contribution in [0.1, 0.15) is 41.0 Å². The molecule has 0 saturated carbocycles. The van der Waals surface area contributed by atoms with Crippen molar-refractivity contribution in [1.82, 2.24) is 5.32 Å². The van der Waals surface area contributed by atoms with Crippen molar-refractivity contribution in [2.45, 2.75) is 47.1 Å². The van der Waals surface area contributed by atoms with Crippen LogP contribution in [0.5, 0.6) is 0 Å². The third-order valence-electron chi connectivity index (χ3n) is 1.51. The van der Waals surface area contributed by atoms with Gasteiger partial charge in [-0.1, -0.05) is 34.6 Å². The van der Waals surface area contributed by atoms with Crippen LogP contribution in [-0.2, 0) is 4.79 Å². The van der Waals surface area contributed by atoms with E-state index >= 15 is 0 Å². The summed E-state index contributed by atoms with van der Waals surface area (Å²) in [6.45, 7) is 10.3. The first-order valence-corrected chi connectivity index (χ1v) is 4.83. The normalized spacial score (nSPS) is 12.8. The minimum atomic E-state index is -0.276. The zero-order chi connectivity index (χ0) is 11.1. The Morgan fingerprint density at radius 1 is 1.38 bits per heavy atom. The lowest BCUT2D eigenvalue weighted by Crippen LogP contribution is -2.41. The van der Waals surface area contributed by atoms with Gasteiger partial charge in [0.25, 0.3) is 0 Å². The van der Waals surface area contributed by atoms with Gasteiger partial charge in [0.05, 0.1) is 6.04 Å². The van der Waals surface area contributed by atoms with Crippen LogP contribution in [0.2, 0.25) is 0 Å². The molecule has 3 heteroatoms. The summed E-state index contributed by atoms with van der Waals surface area (Å²) in [6, 6.07) is -0.199. The first-order valence-electron chi connectivity index (χ1n) is 4.83. The summed E-state index contributed by atoms with van der Waals surface area (Å²) >= 11 is 0. The summed E-state index contributed by atoms with van der Waals surface area (Å²) in [7, 11) is 1.75. The Morgan fingerprint density at radius 3 is 1.85 bits per heavy atom. The van der Waals surface area contributed by atoms with Crippen molar-refractivity contribution in [1.29, 1.82) is 0 Å². The SMILES string of the molecule is CC.CNC(CC(C)(C)C)C(N)=O. The van der Waals surface area contributed by atoms with E-state index in [4.69, 9.17) is 5.73 Å². The highest BCUT2D eigenvalue weighted by Crippen LogP contribution is 2.20. The molecule has 0 aliphatic carbocycles. The van der Waals surface area contributed by atoms with Crippen molar-refractivity contribution >= 4 is 5.91 Å². The zero-order valence-corrected chi connectivity index (χ0v) is 9.77. The van der Waals surface area contributed by atoms with Gasteiger partial charge >= 0.3 is 0 Å². The monoisotopic (exact) mass is 188 g/mol. The molecular formula is C10H24N2O. The molecule has 0 aromatic heterocycles. The number of hydrogen-bond donors (Lipinski definition) is 2. The van der Waals surface area contributed by atoms with Crippen LogP contribution in [0.15, 0.2) is 0 Å². The molecule has 0 fully saturated rings. The summed E-state index contributed by atoms with van der Waals surface area (Å²) in [4.78, 5) is 10.8. The Balaban J connectivity index is 0. The fraction of sp³-hybridized carbons (Fsp3) is 0.900. The number of rotatable bonds is 3. The highest BCUT2D eigenvalue weighted by Gasteiger charge is 2.20. The lowest BCUT2D eigenvalue weighted by Gasteiger charge is -2.23. The molecule has 80 valence electrons. The van der Waals surface area contributed by atoms with E-state index in [1.807, 2.05) is 13.8 Å². The van der Waals surface area contributed by atoms with E-state index < -0.39 is 0 Å². The number of hydrogen-bond acceptors (Lipinski definition) is 2. The highest BCUT2D eigenvalue weighted by atomic mass is 16.1.